The second-order valence-corrected chi connectivity index (χ2v) is 8.42. The Labute approximate surface area is 160 Å². The van der Waals surface area contributed by atoms with E-state index in [9.17, 15) is 4.79 Å². The predicted molar refractivity (Wildman–Crippen MR) is 101 cm³/mol. The van der Waals surface area contributed by atoms with E-state index in [2.05, 4.69) is 26.1 Å². The third-order valence-electron chi connectivity index (χ3n) is 3.80. The van der Waals surface area contributed by atoms with Crippen LogP contribution in [0.5, 0.6) is 11.5 Å². The fourth-order valence-electron chi connectivity index (χ4n) is 2.52. The van der Waals surface area contributed by atoms with Crippen molar-refractivity contribution in [1.29, 1.82) is 5.41 Å². The SMILES string of the molecule is CCc1nnc([C@H]2C(=N)S/C(=C\c3cc4c(cc3Br)OCO4)C2=O)s1. The number of rotatable bonds is 3. The Morgan fingerprint density at radius 2 is 2.12 bits per heavy atom. The van der Waals surface area contributed by atoms with Crippen molar-refractivity contribution in [2.45, 2.75) is 19.3 Å². The molecule has 128 valence electrons. The summed E-state index contributed by atoms with van der Waals surface area (Å²) in [6.45, 7) is 2.18. The lowest BCUT2D eigenvalue weighted by Crippen LogP contribution is -2.11. The van der Waals surface area contributed by atoms with Crippen LogP contribution in [0, 0.1) is 5.41 Å². The van der Waals surface area contributed by atoms with E-state index in [0.29, 0.717) is 21.4 Å². The summed E-state index contributed by atoms with van der Waals surface area (Å²) in [6, 6.07) is 3.64. The number of thioether (sulfide) groups is 1. The smallest absolute Gasteiger partial charge is 0.231 e. The van der Waals surface area contributed by atoms with Gasteiger partial charge in [0.2, 0.25) is 6.79 Å². The number of aryl methyl sites for hydroxylation is 1. The van der Waals surface area contributed by atoms with Gasteiger partial charge in [0.15, 0.2) is 17.3 Å². The minimum Gasteiger partial charge on any atom is -0.454 e. The molecule has 0 radical (unpaired) electrons. The lowest BCUT2D eigenvalue weighted by atomic mass is 10.1. The Kier molecular flexibility index (Phi) is 4.38. The van der Waals surface area contributed by atoms with Crippen LogP contribution in [0.25, 0.3) is 6.08 Å². The van der Waals surface area contributed by atoms with Crippen molar-refractivity contribution in [3.8, 4) is 11.5 Å². The predicted octanol–water partition coefficient (Wildman–Crippen LogP) is 4.01. The van der Waals surface area contributed by atoms with E-state index in [0.717, 1.165) is 21.5 Å². The van der Waals surface area contributed by atoms with Gasteiger partial charge >= 0.3 is 0 Å². The summed E-state index contributed by atoms with van der Waals surface area (Å²) in [6.07, 6.45) is 2.54. The van der Waals surface area contributed by atoms with Gasteiger partial charge in [0.05, 0.1) is 9.95 Å². The van der Waals surface area contributed by atoms with E-state index in [1.165, 1.54) is 23.1 Å². The number of allylic oxidation sites excluding steroid dienone is 1. The Hall–Kier alpha value is -1.71. The van der Waals surface area contributed by atoms with Crippen LogP contribution in [-0.2, 0) is 11.2 Å². The lowest BCUT2D eigenvalue weighted by Gasteiger charge is -2.03. The molecule has 0 saturated carbocycles. The number of Topliss-reactive ketones (excluding diaryl/α,β-unsaturated/α-hetero) is 1. The van der Waals surface area contributed by atoms with Crippen LogP contribution in [0.3, 0.4) is 0 Å². The van der Waals surface area contributed by atoms with Gasteiger partial charge < -0.3 is 9.47 Å². The van der Waals surface area contributed by atoms with Crippen LogP contribution >= 0.6 is 39.0 Å². The Bertz CT molecular complexity index is 925. The molecule has 2 aliphatic heterocycles. The average Bonchev–Trinajstić information content (AvgIpc) is 3.28. The number of nitrogens with zero attached hydrogens (tertiary/aromatic N) is 2. The fraction of sp³-hybridized carbons (Fsp3) is 0.250. The lowest BCUT2D eigenvalue weighted by molar-refractivity contribution is -0.114. The molecule has 2 aliphatic rings. The molecule has 0 bridgehead atoms. The highest BCUT2D eigenvalue weighted by molar-refractivity contribution is 9.10. The second-order valence-electron chi connectivity index (χ2n) is 5.39. The monoisotopic (exact) mass is 437 g/mol. The van der Waals surface area contributed by atoms with Gasteiger partial charge in [0.25, 0.3) is 0 Å². The summed E-state index contributed by atoms with van der Waals surface area (Å²) in [5.41, 5.74) is 0.806. The van der Waals surface area contributed by atoms with Gasteiger partial charge in [-0.15, -0.1) is 21.5 Å². The number of ketones is 1. The van der Waals surface area contributed by atoms with Gasteiger partial charge in [-0.05, 0) is 30.2 Å². The van der Waals surface area contributed by atoms with Gasteiger partial charge in [-0.2, -0.15) is 0 Å². The molecule has 25 heavy (non-hydrogen) atoms. The van der Waals surface area contributed by atoms with E-state index >= 15 is 0 Å². The summed E-state index contributed by atoms with van der Waals surface area (Å²) in [7, 11) is 0. The normalized spacial score (nSPS) is 20.7. The number of benzene rings is 1. The second kappa shape index (κ2) is 6.54. The first-order valence-corrected chi connectivity index (χ1v) is 9.93. The largest absolute Gasteiger partial charge is 0.454 e. The van der Waals surface area contributed by atoms with Gasteiger partial charge in [0, 0.05) is 4.47 Å². The number of carbonyl (C=O) groups excluding carboxylic acids is 1. The molecule has 2 aromatic rings. The van der Waals surface area contributed by atoms with Crippen LogP contribution in [0.4, 0.5) is 0 Å². The molecular formula is C16H12BrN3O3S2. The number of halogens is 1. The van der Waals surface area contributed by atoms with Gasteiger partial charge in [-0.3, -0.25) is 10.2 Å². The third-order valence-corrected chi connectivity index (χ3v) is 6.61. The van der Waals surface area contributed by atoms with Crippen molar-refractivity contribution in [1.82, 2.24) is 10.2 Å². The minimum absolute atomic E-state index is 0.113. The topological polar surface area (TPSA) is 85.2 Å². The number of hydrogen-bond acceptors (Lipinski definition) is 8. The van der Waals surface area contributed by atoms with E-state index < -0.39 is 5.92 Å². The number of carbonyl (C=O) groups is 1. The molecule has 1 aromatic heterocycles. The summed E-state index contributed by atoms with van der Waals surface area (Å²) < 4.78 is 11.5. The fourth-order valence-corrected chi connectivity index (χ4v) is 4.91. The average molecular weight is 438 g/mol. The van der Waals surface area contributed by atoms with E-state index in [-0.39, 0.29) is 17.6 Å². The van der Waals surface area contributed by atoms with Crippen molar-refractivity contribution in [3.05, 3.63) is 37.1 Å². The van der Waals surface area contributed by atoms with Gasteiger partial charge in [-0.25, -0.2) is 0 Å². The van der Waals surface area contributed by atoms with Crippen LogP contribution in [-0.4, -0.2) is 27.8 Å². The Morgan fingerprint density at radius 3 is 2.84 bits per heavy atom. The zero-order valence-corrected chi connectivity index (χ0v) is 16.3. The first kappa shape index (κ1) is 16.7. The maximum Gasteiger partial charge on any atom is 0.231 e. The van der Waals surface area contributed by atoms with E-state index in [1.54, 1.807) is 6.08 Å². The first-order valence-electron chi connectivity index (χ1n) is 7.50. The summed E-state index contributed by atoms with van der Waals surface area (Å²) in [5, 5.41) is 18.1. The van der Waals surface area contributed by atoms with Crippen molar-refractivity contribution in [3.63, 3.8) is 0 Å². The number of hydrogen-bond donors (Lipinski definition) is 1. The molecule has 0 spiro atoms. The highest BCUT2D eigenvalue weighted by Gasteiger charge is 2.39. The first-order chi connectivity index (χ1) is 12.1. The molecule has 1 fully saturated rings. The molecule has 4 rings (SSSR count). The number of nitrogens with one attached hydrogen (secondary N) is 1. The Morgan fingerprint density at radius 1 is 1.36 bits per heavy atom. The molecular weight excluding hydrogens is 426 g/mol. The quantitative estimate of drug-likeness (QED) is 0.729. The van der Waals surface area contributed by atoms with E-state index in [4.69, 9.17) is 14.9 Å². The Balaban J connectivity index is 1.67. The number of fused-ring (bicyclic) bond motifs is 1. The van der Waals surface area contributed by atoms with Gasteiger partial charge in [-0.1, -0.05) is 34.6 Å². The van der Waals surface area contributed by atoms with Gasteiger partial charge in [0.1, 0.15) is 15.9 Å². The highest BCUT2D eigenvalue weighted by Crippen LogP contribution is 2.43. The third kappa shape index (κ3) is 3.00. The van der Waals surface area contributed by atoms with Crippen LogP contribution < -0.4 is 9.47 Å². The maximum absolute atomic E-state index is 12.8. The van der Waals surface area contributed by atoms with Crippen molar-refractivity contribution in [2.24, 2.45) is 0 Å². The van der Waals surface area contributed by atoms with Crippen molar-refractivity contribution >= 4 is 55.9 Å². The summed E-state index contributed by atoms with van der Waals surface area (Å²) >= 11 is 6.06. The summed E-state index contributed by atoms with van der Waals surface area (Å²) in [5.74, 6) is 0.569. The molecule has 3 heterocycles. The molecule has 1 N–H and O–H groups in total. The summed E-state index contributed by atoms with van der Waals surface area (Å²) in [4.78, 5) is 13.3. The van der Waals surface area contributed by atoms with Crippen molar-refractivity contribution in [2.75, 3.05) is 6.79 Å². The minimum atomic E-state index is -0.637. The van der Waals surface area contributed by atoms with Crippen LogP contribution in [0.1, 0.15) is 28.4 Å². The van der Waals surface area contributed by atoms with E-state index in [1.807, 2.05) is 19.1 Å². The molecule has 6 nitrogen and oxygen atoms in total. The molecule has 1 atom stereocenters. The molecule has 0 amide bonds. The number of aromatic nitrogens is 2. The molecule has 0 unspecified atom stereocenters. The standard InChI is InChI=1S/C16H12BrN3O3S2/c1-2-12-19-20-16(25-12)13-14(21)11(24-15(13)18)4-7-3-9-10(5-8(7)17)23-6-22-9/h3-5,13,18H,2,6H2,1H3/b11-4-,18-15?/t13-/m1/s1. The maximum atomic E-state index is 12.8. The molecule has 1 aromatic carbocycles. The van der Waals surface area contributed by atoms with Crippen molar-refractivity contribution < 1.29 is 14.3 Å². The van der Waals surface area contributed by atoms with Crippen LogP contribution in [0.15, 0.2) is 21.5 Å². The molecule has 0 aliphatic carbocycles. The molecule has 9 heteroatoms. The number of ether oxygens (including phenoxy) is 2. The molecule has 1 saturated heterocycles. The highest BCUT2D eigenvalue weighted by atomic mass is 79.9. The van der Waals surface area contributed by atoms with Crippen LogP contribution in [0.2, 0.25) is 0 Å². The zero-order chi connectivity index (χ0) is 17.6. The zero-order valence-electron chi connectivity index (χ0n) is 13.0.